The molecule has 0 spiro atoms. The molecule has 0 saturated carbocycles. The lowest BCUT2D eigenvalue weighted by atomic mass is 9.80. The number of nitrogens with zero attached hydrogens (tertiary/aromatic N) is 2. The van der Waals surface area contributed by atoms with Crippen LogP contribution in [0.4, 0.5) is 0 Å². The minimum atomic E-state index is -0.710. The fourth-order valence-electron chi connectivity index (χ4n) is 7.54. The summed E-state index contributed by atoms with van der Waals surface area (Å²) in [6.45, 7) is 12.0. The number of rotatable bonds is 34. The molecular formula is C48H65N3O19. The van der Waals surface area contributed by atoms with Gasteiger partial charge in [-0.3, -0.25) is 14.4 Å². The zero-order valence-electron chi connectivity index (χ0n) is 40.2. The van der Waals surface area contributed by atoms with Crippen molar-refractivity contribution in [2.24, 2.45) is 5.16 Å². The molecule has 1 saturated heterocycles. The van der Waals surface area contributed by atoms with E-state index in [1.54, 1.807) is 20.3 Å². The van der Waals surface area contributed by atoms with Gasteiger partial charge in [-0.1, -0.05) is 11.7 Å². The monoisotopic (exact) mass is 987 g/mol. The summed E-state index contributed by atoms with van der Waals surface area (Å²) in [5.74, 6) is 0.572. The summed E-state index contributed by atoms with van der Waals surface area (Å²) in [5.41, 5.74) is 3.97. The Morgan fingerprint density at radius 1 is 0.729 bits per heavy atom. The van der Waals surface area contributed by atoms with Crippen LogP contribution in [-0.2, 0) is 73.2 Å². The minimum Gasteiger partial charge on any atom is -0.493 e. The number of hydrogen-bond donors (Lipinski definition) is 1. The quantitative estimate of drug-likeness (QED) is 0.0459. The van der Waals surface area contributed by atoms with E-state index in [0.29, 0.717) is 126 Å². The molecule has 1 N–H and O–H groups in total. The molecule has 2 aromatic carbocycles. The van der Waals surface area contributed by atoms with Gasteiger partial charge in [-0.25, -0.2) is 4.79 Å². The van der Waals surface area contributed by atoms with Crippen LogP contribution in [0, 0.1) is 0 Å². The van der Waals surface area contributed by atoms with Crippen molar-refractivity contribution in [3.63, 3.8) is 0 Å². The lowest BCUT2D eigenvalue weighted by Gasteiger charge is -2.39. The molecule has 4 heterocycles. The summed E-state index contributed by atoms with van der Waals surface area (Å²) in [4.78, 5) is 57.9. The van der Waals surface area contributed by atoms with Gasteiger partial charge in [-0.2, -0.15) is 0 Å². The third kappa shape index (κ3) is 16.0. The zero-order valence-corrected chi connectivity index (χ0v) is 40.2. The smallest absolute Gasteiger partial charge is 0.335 e. The Bertz CT molecular complexity index is 2070. The molecule has 4 aliphatic heterocycles. The molecule has 22 heteroatoms. The standard InChI is InChI=1S/C48H65N3O19/c1-32(2)37-28-35-36(68-37)6-5-33-47(46-34-27-39(56-3)40(57-4)29-38(34)66-30-41(46)69-48(33)35)50-67-31-42(52)49-10-12-59-14-16-61-18-20-63-22-24-65-26-25-64-23-21-62-19-17-60-15-13-58-11-9-45(55)70-51-43(53)7-8-44(51)54/h5-6,27,29,37,41,46H,1,7-26,28,30-31H2,2-4H3,(H,49,52)/b50-47+/t37-,41-,46+/m1/s1. The average molecular weight is 988 g/mol. The number of carbonyl (C=O) groups is 4. The first-order valence-corrected chi connectivity index (χ1v) is 23.4. The summed E-state index contributed by atoms with van der Waals surface area (Å²) in [6.07, 6.45) is 0.0106. The van der Waals surface area contributed by atoms with Crippen LogP contribution in [0.1, 0.15) is 48.8 Å². The molecule has 0 unspecified atom stereocenters. The van der Waals surface area contributed by atoms with Crippen LogP contribution in [0.15, 0.2) is 41.6 Å². The molecule has 22 nitrogen and oxygen atoms in total. The second-order valence-corrected chi connectivity index (χ2v) is 16.1. The van der Waals surface area contributed by atoms with Gasteiger partial charge in [0.25, 0.3) is 17.7 Å². The molecule has 2 aromatic rings. The van der Waals surface area contributed by atoms with E-state index in [-0.39, 0.29) is 70.9 Å². The largest absolute Gasteiger partial charge is 0.493 e. The molecule has 70 heavy (non-hydrogen) atoms. The number of carbonyl (C=O) groups excluding carboxylic acids is 4. The number of imide groups is 1. The average Bonchev–Trinajstić information content (AvgIpc) is 3.95. The maximum absolute atomic E-state index is 12.8. The predicted molar refractivity (Wildman–Crippen MR) is 245 cm³/mol. The van der Waals surface area contributed by atoms with Crippen molar-refractivity contribution in [3.05, 3.63) is 53.1 Å². The molecule has 4 aliphatic rings. The molecule has 386 valence electrons. The van der Waals surface area contributed by atoms with Crippen molar-refractivity contribution in [2.75, 3.05) is 140 Å². The molecule has 6 rings (SSSR count). The fraction of sp³-hybridized carbons (Fsp3) is 0.604. The van der Waals surface area contributed by atoms with Crippen LogP contribution in [0.5, 0.6) is 28.7 Å². The number of amides is 3. The Morgan fingerprint density at radius 3 is 1.83 bits per heavy atom. The van der Waals surface area contributed by atoms with E-state index in [9.17, 15) is 19.2 Å². The number of benzene rings is 2. The minimum absolute atomic E-state index is 0.0479. The Hall–Kier alpha value is -5.59. The van der Waals surface area contributed by atoms with Gasteiger partial charge in [-0.15, -0.1) is 5.06 Å². The molecule has 3 amide bonds. The van der Waals surface area contributed by atoms with E-state index in [0.717, 1.165) is 28.0 Å². The van der Waals surface area contributed by atoms with Crippen LogP contribution >= 0.6 is 0 Å². The van der Waals surface area contributed by atoms with Gasteiger partial charge in [0.05, 0.1) is 132 Å². The van der Waals surface area contributed by atoms with E-state index < -0.39 is 29.8 Å². The van der Waals surface area contributed by atoms with Crippen molar-refractivity contribution >= 4 is 29.4 Å². The van der Waals surface area contributed by atoms with Gasteiger partial charge in [-0.05, 0) is 30.7 Å². The van der Waals surface area contributed by atoms with Gasteiger partial charge in [0.2, 0.25) is 0 Å². The number of oxime groups is 1. The predicted octanol–water partition coefficient (Wildman–Crippen LogP) is 2.49. The van der Waals surface area contributed by atoms with Crippen LogP contribution in [0.25, 0.3) is 0 Å². The van der Waals surface area contributed by atoms with E-state index in [4.69, 9.17) is 71.3 Å². The molecule has 1 fully saturated rings. The second kappa shape index (κ2) is 28.9. The summed E-state index contributed by atoms with van der Waals surface area (Å²) in [5, 5.41) is 7.88. The number of ether oxygens (including phenoxy) is 13. The Balaban J connectivity index is 0.736. The van der Waals surface area contributed by atoms with Crippen molar-refractivity contribution < 1.29 is 90.4 Å². The second-order valence-electron chi connectivity index (χ2n) is 16.1. The molecule has 0 aliphatic carbocycles. The first-order chi connectivity index (χ1) is 34.2. The number of hydrogen-bond acceptors (Lipinski definition) is 20. The number of methoxy groups -OCH3 is 2. The van der Waals surface area contributed by atoms with E-state index >= 15 is 0 Å². The maximum atomic E-state index is 12.8. The van der Waals surface area contributed by atoms with Crippen molar-refractivity contribution in [2.45, 2.75) is 50.7 Å². The van der Waals surface area contributed by atoms with Crippen molar-refractivity contribution in [1.29, 1.82) is 0 Å². The Morgan fingerprint density at radius 2 is 1.27 bits per heavy atom. The third-order valence-electron chi connectivity index (χ3n) is 11.1. The highest BCUT2D eigenvalue weighted by Crippen LogP contribution is 2.50. The van der Waals surface area contributed by atoms with Gasteiger partial charge >= 0.3 is 5.97 Å². The highest BCUT2D eigenvalue weighted by Gasteiger charge is 2.45. The molecular weight excluding hydrogens is 923 g/mol. The summed E-state index contributed by atoms with van der Waals surface area (Å²) < 4.78 is 73.9. The molecule has 0 radical (unpaired) electrons. The molecule has 0 bridgehead atoms. The van der Waals surface area contributed by atoms with Crippen LogP contribution in [0.3, 0.4) is 0 Å². The van der Waals surface area contributed by atoms with Crippen LogP contribution < -0.4 is 29.0 Å². The van der Waals surface area contributed by atoms with Gasteiger partial charge in [0, 0.05) is 48.6 Å². The Kier molecular flexibility index (Phi) is 22.2. The topological polar surface area (TPSA) is 234 Å². The van der Waals surface area contributed by atoms with Crippen molar-refractivity contribution in [1.82, 2.24) is 10.4 Å². The highest BCUT2D eigenvalue weighted by molar-refractivity contribution is 6.09. The molecule has 0 aromatic heterocycles. The lowest BCUT2D eigenvalue weighted by Crippen LogP contribution is -2.43. The number of nitrogens with one attached hydrogen (secondary N) is 1. The van der Waals surface area contributed by atoms with E-state index in [2.05, 4.69) is 17.1 Å². The first-order valence-electron chi connectivity index (χ1n) is 23.4. The summed E-state index contributed by atoms with van der Waals surface area (Å²) >= 11 is 0. The maximum Gasteiger partial charge on any atom is 0.335 e. The zero-order chi connectivity index (χ0) is 49.5. The first kappa shape index (κ1) is 53.8. The highest BCUT2D eigenvalue weighted by atomic mass is 16.7. The van der Waals surface area contributed by atoms with E-state index in [1.807, 2.05) is 25.1 Å². The van der Waals surface area contributed by atoms with Crippen LogP contribution in [-0.4, -0.2) is 186 Å². The number of hydroxylamine groups is 2. The lowest BCUT2D eigenvalue weighted by molar-refractivity contribution is -0.198. The third-order valence-corrected chi connectivity index (χ3v) is 11.1. The van der Waals surface area contributed by atoms with Crippen molar-refractivity contribution in [3.8, 4) is 28.7 Å². The van der Waals surface area contributed by atoms with Gasteiger partial charge in [0.1, 0.15) is 41.8 Å². The van der Waals surface area contributed by atoms with Gasteiger partial charge < -0.3 is 76.6 Å². The molecule has 3 atom stereocenters. The van der Waals surface area contributed by atoms with Gasteiger partial charge in [0.15, 0.2) is 18.1 Å². The normalized spacial score (nSPS) is 18.2. The number of fused-ring (bicyclic) bond motifs is 6. The Labute approximate surface area is 406 Å². The van der Waals surface area contributed by atoms with E-state index in [1.165, 1.54) is 0 Å². The fourth-order valence-corrected chi connectivity index (χ4v) is 7.54. The summed E-state index contributed by atoms with van der Waals surface area (Å²) in [7, 11) is 3.14. The summed E-state index contributed by atoms with van der Waals surface area (Å²) in [6, 6.07) is 7.46. The van der Waals surface area contributed by atoms with Crippen LogP contribution in [0.2, 0.25) is 0 Å². The SMILES string of the molecule is C=C(C)[C@H]1Cc2c(ccc3c2O[C@@H]2COc4cc(OC)c(OC)cc4[C@@H]2/C3=N/OCC(=O)NCCOCCOCCOCCOCCOCCOCCOCCOCCC(=O)ON2C(=O)CCC2=O)O1.